The molecular weight excluding hydrogens is 267 g/mol. The number of halogens is 1. The number of aromatic nitrogens is 4. The zero-order valence-corrected chi connectivity index (χ0v) is 10.5. The van der Waals surface area contributed by atoms with Crippen molar-refractivity contribution in [1.82, 2.24) is 19.9 Å². The summed E-state index contributed by atoms with van der Waals surface area (Å²) in [4.78, 5) is 25.3. The van der Waals surface area contributed by atoms with E-state index in [0.717, 1.165) is 5.56 Å². The first kappa shape index (κ1) is 11.9. The molecule has 96 valence electrons. The number of H-pyrrole nitrogens is 2. The Hall–Kier alpha value is -2.15. The molecule has 0 atom stereocenters. The van der Waals surface area contributed by atoms with E-state index in [9.17, 15) is 9.18 Å². The minimum atomic E-state index is -0.266. The van der Waals surface area contributed by atoms with E-state index < -0.39 is 0 Å². The van der Waals surface area contributed by atoms with Crippen LogP contribution in [0.5, 0.6) is 0 Å². The van der Waals surface area contributed by atoms with Crippen LogP contribution in [0.4, 0.5) is 4.39 Å². The average Bonchev–Trinajstić information content (AvgIpc) is 2.87. The zero-order chi connectivity index (χ0) is 13.2. The number of rotatable bonds is 3. The normalized spacial score (nSPS) is 11.0. The summed E-state index contributed by atoms with van der Waals surface area (Å²) in [5.41, 5.74) is 1.47. The third-order valence-electron chi connectivity index (χ3n) is 2.56. The van der Waals surface area contributed by atoms with E-state index in [4.69, 9.17) is 0 Å². The Balaban J connectivity index is 1.81. The lowest BCUT2D eigenvalue weighted by atomic mass is 10.2. The number of benzene rings is 1. The Bertz CT molecular complexity index is 765. The minimum Gasteiger partial charge on any atom is -0.339 e. The lowest BCUT2D eigenvalue weighted by Gasteiger charge is -2.01. The second-order valence-electron chi connectivity index (χ2n) is 3.89. The van der Waals surface area contributed by atoms with E-state index in [0.29, 0.717) is 22.1 Å². The van der Waals surface area contributed by atoms with Gasteiger partial charge in [0.05, 0.1) is 6.33 Å². The van der Waals surface area contributed by atoms with Gasteiger partial charge >= 0.3 is 0 Å². The highest BCUT2D eigenvalue weighted by molar-refractivity contribution is 7.98. The van der Waals surface area contributed by atoms with E-state index in [1.165, 1.54) is 30.2 Å². The zero-order valence-electron chi connectivity index (χ0n) is 9.68. The molecule has 0 saturated heterocycles. The molecule has 1 aromatic carbocycles. The van der Waals surface area contributed by atoms with Gasteiger partial charge in [0.15, 0.2) is 16.3 Å². The van der Waals surface area contributed by atoms with Crippen molar-refractivity contribution in [3.63, 3.8) is 0 Å². The van der Waals surface area contributed by atoms with Crippen LogP contribution in [0.25, 0.3) is 11.2 Å². The Morgan fingerprint density at radius 3 is 2.84 bits per heavy atom. The standard InChI is InChI=1S/C12H9FN4OS/c13-8-3-1-7(2-4-8)5-19-12-16-10-9(11(18)17-12)14-6-15-10/h1-4,6H,5H2,(H2,14,15,16,17,18). The summed E-state index contributed by atoms with van der Waals surface area (Å²) in [5.74, 6) is 0.331. The summed E-state index contributed by atoms with van der Waals surface area (Å²) in [7, 11) is 0. The molecule has 3 rings (SSSR count). The Kier molecular flexibility index (Phi) is 3.04. The second-order valence-corrected chi connectivity index (χ2v) is 4.85. The van der Waals surface area contributed by atoms with Gasteiger partial charge in [-0.2, -0.15) is 0 Å². The topological polar surface area (TPSA) is 74.4 Å². The van der Waals surface area contributed by atoms with Gasteiger partial charge in [-0.15, -0.1) is 0 Å². The lowest BCUT2D eigenvalue weighted by Crippen LogP contribution is -2.09. The Morgan fingerprint density at radius 1 is 1.26 bits per heavy atom. The van der Waals surface area contributed by atoms with Gasteiger partial charge in [-0.3, -0.25) is 9.78 Å². The van der Waals surface area contributed by atoms with Crippen LogP contribution in [0.2, 0.25) is 0 Å². The quantitative estimate of drug-likeness (QED) is 0.567. The van der Waals surface area contributed by atoms with Crippen molar-refractivity contribution in [2.24, 2.45) is 0 Å². The van der Waals surface area contributed by atoms with Gasteiger partial charge in [0.25, 0.3) is 5.56 Å². The maximum absolute atomic E-state index is 12.8. The molecule has 0 spiro atoms. The van der Waals surface area contributed by atoms with Crippen LogP contribution < -0.4 is 5.56 Å². The Morgan fingerprint density at radius 2 is 2.05 bits per heavy atom. The predicted molar refractivity (Wildman–Crippen MR) is 70.5 cm³/mol. The van der Waals surface area contributed by atoms with Gasteiger partial charge in [0.1, 0.15) is 5.82 Å². The largest absolute Gasteiger partial charge is 0.339 e. The van der Waals surface area contributed by atoms with E-state index in [-0.39, 0.29) is 11.4 Å². The highest BCUT2D eigenvalue weighted by atomic mass is 32.2. The fraction of sp³-hybridized carbons (Fsp3) is 0.0833. The van der Waals surface area contributed by atoms with Crippen LogP contribution >= 0.6 is 11.8 Å². The van der Waals surface area contributed by atoms with Crippen LogP contribution in [0.15, 0.2) is 40.5 Å². The number of aromatic amines is 2. The molecule has 5 nitrogen and oxygen atoms in total. The average molecular weight is 276 g/mol. The first-order chi connectivity index (χ1) is 9.22. The molecule has 0 aliphatic rings. The van der Waals surface area contributed by atoms with Gasteiger partial charge in [-0.05, 0) is 17.7 Å². The van der Waals surface area contributed by atoms with E-state index in [1.54, 1.807) is 12.1 Å². The number of nitrogens with zero attached hydrogens (tertiary/aromatic N) is 2. The first-order valence-corrected chi connectivity index (χ1v) is 6.51. The SMILES string of the molecule is O=c1[nH]c(SCc2ccc(F)cc2)nc2nc[nH]c12. The van der Waals surface area contributed by atoms with Gasteiger partial charge in [-0.25, -0.2) is 14.4 Å². The minimum absolute atomic E-state index is 0.246. The molecule has 2 N–H and O–H groups in total. The number of fused-ring (bicyclic) bond motifs is 1. The Labute approximate surface area is 111 Å². The summed E-state index contributed by atoms with van der Waals surface area (Å²) in [5, 5.41) is 0.494. The lowest BCUT2D eigenvalue weighted by molar-refractivity contribution is 0.627. The van der Waals surface area contributed by atoms with Crippen molar-refractivity contribution < 1.29 is 4.39 Å². The molecule has 0 amide bonds. The fourth-order valence-electron chi connectivity index (χ4n) is 1.62. The molecule has 0 aliphatic heterocycles. The van der Waals surface area contributed by atoms with Gasteiger partial charge in [-0.1, -0.05) is 23.9 Å². The third-order valence-corrected chi connectivity index (χ3v) is 3.51. The van der Waals surface area contributed by atoms with Gasteiger partial charge in [0, 0.05) is 5.75 Å². The summed E-state index contributed by atoms with van der Waals surface area (Å²) in [6, 6.07) is 6.22. The van der Waals surface area contributed by atoms with Crippen molar-refractivity contribution in [2.75, 3.05) is 0 Å². The maximum atomic E-state index is 12.8. The number of thioether (sulfide) groups is 1. The van der Waals surface area contributed by atoms with Crippen LogP contribution in [-0.4, -0.2) is 19.9 Å². The summed E-state index contributed by atoms with van der Waals surface area (Å²) in [6.45, 7) is 0. The third kappa shape index (κ3) is 2.50. The number of hydrogen-bond donors (Lipinski definition) is 2. The van der Waals surface area contributed by atoms with Crippen molar-refractivity contribution in [2.45, 2.75) is 10.9 Å². The molecule has 0 bridgehead atoms. The monoisotopic (exact) mass is 276 g/mol. The first-order valence-electron chi connectivity index (χ1n) is 5.53. The maximum Gasteiger partial charge on any atom is 0.277 e. The van der Waals surface area contributed by atoms with E-state index >= 15 is 0 Å². The van der Waals surface area contributed by atoms with Gasteiger partial charge < -0.3 is 4.98 Å². The van der Waals surface area contributed by atoms with Crippen molar-refractivity contribution in [1.29, 1.82) is 0 Å². The van der Waals surface area contributed by atoms with Crippen molar-refractivity contribution >= 4 is 22.9 Å². The molecule has 3 aromatic rings. The summed E-state index contributed by atoms with van der Waals surface area (Å²) >= 11 is 1.37. The predicted octanol–water partition coefficient (Wildman–Crippen LogP) is 2.08. The van der Waals surface area contributed by atoms with Crippen LogP contribution in [0, 0.1) is 5.82 Å². The smallest absolute Gasteiger partial charge is 0.277 e. The molecule has 0 saturated carbocycles. The van der Waals surface area contributed by atoms with Crippen molar-refractivity contribution in [3.8, 4) is 0 Å². The van der Waals surface area contributed by atoms with Crippen LogP contribution in [0.1, 0.15) is 5.56 Å². The molecule has 2 aromatic heterocycles. The molecule has 19 heavy (non-hydrogen) atoms. The van der Waals surface area contributed by atoms with Gasteiger partial charge in [0.2, 0.25) is 0 Å². The molecular formula is C12H9FN4OS. The highest BCUT2D eigenvalue weighted by Gasteiger charge is 2.06. The number of hydrogen-bond acceptors (Lipinski definition) is 4. The molecule has 0 aliphatic carbocycles. The fourth-order valence-corrected chi connectivity index (χ4v) is 2.44. The molecule has 2 heterocycles. The van der Waals surface area contributed by atoms with E-state index in [2.05, 4.69) is 19.9 Å². The van der Waals surface area contributed by atoms with E-state index in [1.807, 2.05) is 0 Å². The number of imidazole rings is 1. The summed E-state index contributed by atoms with van der Waals surface area (Å²) < 4.78 is 12.8. The molecule has 0 radical (unpaired) electrons. The molecule has 0 unspecified atom stereocenters. The van der Waals surface area contributed by atoms with Crippen LogP contribution in [0.3, 0.4) is 0 Å². The second kappa shape index (κ2) is 4.85. The molecule has 0 fully saturated rings. The molecule has 7 heteroatoms. The van der Waals surface area contributed by atoms with Crippen LogP contribution in [-0.2, 0) is 5.75 Å². The summed E-state index contributed by atoms with van der Waals surface area (Å²) in [6.07, 6.45) is 1.43. The van der Waals surface area contributed by atoms with Crippen molar-refractivity contribution in [3.05, 3.63) is 52.3 Å². The highest BCUT2D eigenvalue weighted by Crippen LogP contribution is 2.19. The number of nitrogens with one attached hydrogen (secondary N) is 2.